The number of aromatic nitrogens is 4. The van der Waals surface area contributed by atoms with Gasteiger partial charge in [-0.2, -0.15) is 0 Å². The highest BCUT2D eigenvalue weighted by molar-refractivity contribution is 5.68. The molecule has 0 spiro atoms. The number of aromatic amines is 1. The van der Waals surface area contributed by atoms with Crippen LogP contribution in [0.15, 0.2) is 15.9 Å². The zero-order chi connectivity index (χ0) is 16.9. The molecule has 132 valence electrons. The number of fused-ring (bicyclic) bond motifs is 1. The molecule has 3 heterocycles. The van der Waals surface area contributed by atoms with Crippen molar-refractivity contribution in [2.75, 3.05) is 6.61 Å². The first kappa shape index (κ1) is 17.0. The van der Waals surface area contributed by atoms with E-state index in [2.05, 4.69) is 9.97 Å². The summed E-state index contributed by atoms with van der Waals surface area (Å²) >= 11 is 0. The van der Waals surface area contributed by atoms with Crippen LogP contribution in [0.1, 0.15) is 51.4 Å². The van der Waals surface area contributed by atoms with Crippen LogP contribution in [0.25, 0.3) is 11.2 Å². The van der Waals surface area contributed by atoms with E-state index in [1.807, 2.05) is 0 Å². The SMILES string of the molecule is Cn1c(=O)n(CCCCCCCCCC2CO2)c(=O)c2[nH]cnc21. The van der Waals surface area contributed by atoms with Gasteiger partial charge >= 0.3 is 5.69 Å². The Morgan fingerprint density at radius 2 is 1.83 bits per heavy atom. The predicted molar refractivity (Wildman–Crippen MR) is 92.3 cm³/mol. The molecule has 0 radical (unpaired) electrons. The minimum absolute atomic E-state index is 0.270. The molecule has 0 aliphatic carbocycles. The molecule has 3 rings (SSSR count). The van der Waals surface area contributed by atoms with E-state index >= 15 is 0 Å². The molecule has 7 heteroatoms. The highest BCUT2D eigenvalue weighted by Gasteiger charge is 2.20. The molecule has 1 fully saturated rings. The number of ether oxygens (including phenoxy) is 1. The second-order valence-corrected chi connectivity index (χ2v) is 6.62. The zero-order valence-corrected chi connectivity index (χ0v) is 14.3. The van der Waals surface area contributed by atoms with Crippen LogP contribution in [0.4, 0.5) is 0 Å². The van der Waals surface area contributed by atoms with Gasteiger partial charge in [0.25, 0.3) is 5.56 Å². The van der Waals surface area contributed by atoms with Crippen molar-refractivity contribution in [1.29, 1.82) is 0 Å². The lowest BCUT2D eigenvalue weighted by molar-refractivity contribution is 0.387. The Morgan fingerprint density at radius 3 is 2.54 bits per heavy atom. The van der Waals surface area contributed by atoms with Crippen molar-refractivity contribution in [1.82, 2.24) is 19.1 Å². The zero-order valence-electron chi connectivity index (χ0n) is 14.3. The molecule has 1 saturated heterocycles. The fraction of sp³-hybridized carbons (Fsp3) is 0.706. The number of nitrogens with one attached hydrogen (secondary N) is 1. The van der Waals surface area contributed by atoms with E-state index in [1.165, 1.54) is 47.6 Å². The molecule has 1 unspecified atom stereocenters. The van der Waals surface area contributed by atoms with Crippen LogP contribution in [0, 0.1) is 0 Å². The molecule has 2 aromatic heterocycles. The smallest absolute Gasteiger partial charge is 0.332 e. The lowest BCUT2D eigenvalue weighted by atomic mass is 10.1. The average molecular weight is 334 g/mol. The summed E-state index contributed by atoms with van der Waals surface area (Å²) in [6.45, 7) is 1.43. The fourth-order valence-corrected chi connectivity index (χ4v) is 3.15. The molecular formula is C17H26N4O3. The Hall–Kier alpha value is -1.89. The van der Waals surface area contributed by atoms with Gasteiger partial charge in [-0.1, -0.05) is 38.5 Å². The summed E-state index contributed by atoms with van der Waals surface area (Å²) in [5.74, 6) is 0. The Bertz CT molecular complexity index is 785. The van der Waals surface area contributed by atoms with Gasteiger partial charge < -0.3 is 9.72 Å². The quantitative estimate of drug-likeness (QED) is 0.531. The van der Waals surface area contributed by atoms with Crippen LogP contribution in [0.5, 0.6) is 0 Å². The third-order valence-electron chi connectivity index (χ3n) is 4.72. The number of rotatable bonds is 10. The van der Waals surface area contributed by atoms with E-state index in [9.17, 15) is 9.59 Å². The maximum absolute atomic E-state index is 12.3. The number of imidazole rings is 1. The Morgan fingerprint density at radius 1 is 1.17 bits per heavy atom. The summed E-state index contributed by atoms with van der Waals surface area (Å²) in [6, 6.07) is 0. The third kappa shape index (κ3) is 3.95. The first-order valence-electron chi connectivity index (χ1n) is 8.93. The number of unbranched alkanes of at least 4 members (excludes halogenated alkanes) is 6. The van der Waals surface area contributed by atoms with Gasteiger partial charge in [0.05, 0.1) is 19.0 Å². The van der Waals surface area contributed by atoms with Crippen LogP contribution in [-0.4, -0.2) is 31.8 Å². The summed E-state index contributed by atoms with van der Waals surface area (Å²) in [7, 11) is 1.65. The Balaban J connectivity index is 1.41. The summed E-state index contributed by atoms with van der Waals surface area (Å²) in [5.41, 5.74) is 0.254. The van der Waals surface area contributed by atoms with Gasteiger partial charge in [0.1, 0.15) is 5.52 Å². The van der Waals surface area contributed by atoms with Crippen LogP contribution in [-0.2, 0) is 18.3 Å². The molecular weight excluding hydrogens is 308 g/mol. The van der Waals surface area contributed by atoms with Crippen LogP contribution in [0.3, 0.4) is 0 Å². The van der Waals surface area contributed by atoms with Gasteiger partial charge in [0.15, 0.2) is 5.65 Å². The lowest BCUT2D eigenvalue weighted by Crippen LogP contribution is -2.39. The number of nitrogens with zero attached hydrogens (tertiary/aromatic N) is 3. The minimum atomic E-state index is -0.290. The third-order valence-corrected chi connectivity index (χ3v) is 4.72. The Labute approximate surface area is 140 Å². The Kier molecular flexibility index (Phi) is 5.50. The highest BCUT2D eigenvalue weighted by Crippen LogP contribution is 2.18. The average Bonchev–Trinajstić information content (AvgIpc) is 3.27. The second-order valence-electron chi connectivity index (χ2n) is 6.62. The van der Waals surface area contributed by atoms with Gasteiger partial charge in [-0.25, -0.2) is 9.78 Å². The number of hydrogen-bond donors (Lipinski definition) is 1. The topological polar surface area (TPSA) is 85.2 Å². The van der Waals surface area contributed by atoms with Crippen molar-refractivity contribution < 1.29 is 4.74 Å². The maximum Gasteiger partial charge on any atom is 0.332 e. The van der Waals surface area contributed by atoms with Crippen molar-refractivity contribution >= 4 is 11.2 Å². The molecule has 0 aromatic carbocycles. The van der Waals surface area contributed by atoms with Gasteiger partial charge in [-0.15, -0.1) is 0 Å². The lowest BCUT2D eigenvalue weighted by Gasteiger charge is -2.07. The minimum Gasteiger partial charge on any atom is -0.373 e. The molecule has 1 aliphatic heterocycles. The predicted octanol–water partition coefficient (Wildman–Crippen LogP) is 1.94. The molecule has 0 amide bonds. The normalized spacial score (nSPS) is 16.8. The van der Waals surface area contributed by atoms with E-state index in [4.69, 9.17) is 4.74 Å². The number of aryl methyl sites for hydroxylation is 1. The van der Waals surface area contributed by atoms with Gasteiger partial charge in [0, 0.05) is 13.6 Å². The van der Waals surface area contributed by atoms with Crippen LogP contribution in [0.2, 0.25) is 0 Å². The standard InChI is InChI=1S/C17H26N4O3/c1-20-15-14(18-12-19-15)16(22)21(17(20)23)10-8-6-4-2-3-5-7-9-13-11-24-13/h12-13H,2-11H2,1H3,(H,18,19). The molecule has 1 N–H and O–H groups in total. The van der Waals surface area contributed by atoms with E-state index in [-0.39, 0.29) is 11.2 Å². The van der Waals surface area contributed by atoms with Gasteiger partial charge in [-0.05, 0) is 12.8 Å². The van der Waals surface area contributed by atoms with E-state index in [0.29, 0.717) is 23.8 Å². The van der Waals surface area contributed by atoms with Crippen LogP contribution < -0.4 is 11.2 Å². The molecule has 7 nitrogen and oxygen atoms in total. The van der Waals surface area contributed by atoms with E-state index in [0.717, 1.165) is 25.9 Å². The number of epoxide rings is 1. The maximum atomic E-state index is 12.3. The summed E-state index contributed by atoms with van der Waals surface area (Å²) in [6.07, 6.45) is 11.3. The summed E-state index contributed by atoms with van der Waals surface area (Å²) in [5, 5.41) is 0. The highest BCUT2D eigenvalue weighted by atomic mass is 16.6. The van der Waals surface area contributed by atoms with Gasteiger partial charge in [-0.3, -0.25) is 13.9 Å². The van der Waals surface area contributed by atoms with Crippen molar-refractivity contribution in [3.05, 3.63) is 27.2 Å². The molecule has 0 saturated carbocycles. The molecule has 24 heavy (non-hydrogen) atoms. The van der Waals surface area contributed by atoms with Gasteiger partial charge in [0.2, 0.25) is 0 Å². The molecule has 1 aliphatic rings. The van der Waals surface area contributed by atoms with Crippen molar-refractivity contribution in [3.63, 3.8) is 0 Å². The molecule has 1 atom stereocenters. The first-order chi connectivity index (χ1) is 11.7. The van der Waals surface area contributed by atoms with Crippen molar-refractivity contribution in [3.8, 4) is 0 Å². The van der Waals surface area contributed by atoms with Crippen molar-refractivity contribution in [2.24, 2.45) is 7.05 Å². The largest absolute Gasteiger partial charge is 0.373 e. The van der Waals surface area contributed by atoms with E-state index < -0.39 is 0 Å². The van der Waals surface area contributed by atoms with Crippen LogP contribution >= 0.6 is 0 Å². The monoisotopic (exact) mass is 334 g/mol. The molecule has 0 bridgehead atoms. The summed E-state index contributed by atoms with van der Waals surface area (Å²) < 4.78 is 7.94. The summed E-state index contributed by atoms with van der Waals surface area (Å²) in [4.78, 5) is 31.4. The fourth-order valence-electron chi connectivity index (χ4n) is 3.15. The second kappa shape index (κ2) is 7.79. The van der Waals surface area contributed by atoms with Crippen molar-refractivity contribution in [2.45, 2.75) is 64.0 Å². The van der Waals surface area contributed by atoms with E-state index in [1.54, 1.807) is 7.05 Å². The number of H-pyrrole nitrogens is 1. The first-order valence-corrected chi connectivity index (χ1v) is 8.93. The molecule has 2 aromatic rings. The number of hydrogen-bond acceptors (Lipinski definition) is 4.